The van der Waals surface area contributed by atoms with Crippen LogP contribution in [0.15, 0.2) is 30.3 Å². The van der Waals surface area contributed by atoms with Crippen LogP contribution in [0, 0.1) is 11.8 Å². The Balaban J connectivity index is 1.85. The Kier molecular flexibility index (Phi) is 6.43. The highest BCUT2D eigenvalue weighted by molar-refractivity contribution is 5.15. The van der Waals surface area contributed by atoms with Crippen LogP contribution in [0.4, 0.5) is 0 Å². The van der Waals surface area contributed by atoms with Gasteiger partial charge in [0, 0.05) is 0 Å². The molecule has 1 aromatic rings. The number of benzene rings is 1. The maximum absolute atomic E-state index is 3.63. The van der Waals surface area contributed by atoms with Gasteiger partial charge in [-0.15, -0.1) is 0 Å². The van der Waals surface area contributed by atoms with E-state index in [0.717, 1.165) is 18.4 Å². The van der Waals surface area contributed by atoms with Crippen molar-refractivity contribution in [3.8, 4) is 0 Å². The van der Waals surface area contributed by atoms with E-state index < -0.39 is 0 Å². The second-order valence-electron chi connectivity index (χ2n) is 6.15. The van der Waals surface area contributed by atoms with E-state index in [1.165, 1.54) is 57.1 Å². The molecule has 1 nitrogen and oxygen atoms in total. The standard InChI is InChI=1S/C18H29N/c1-2-12-19-15-18(14-17-10-6-7-11-17)13-16-8-4-3-5-9-16/h3-5,8-9,17-19H,2,6-7,10-15H2,1H3. The zero-order valence-corrected chi connectivity index (χ0v) is 12.4. The second kappa shape index (κ2) is 8.37. The quantitative estimate of drug-likeness (QED) is 0.681. The van der Waals surface area contributed by atoms with Gasteiger partial charge in [0.25, 0.3) is 0 Å². The smallest absolute Gasteiger partial charge is 0.00172 e. The van der Waals surface area contributed by atoms with Crippen LogP contribution in [-0.2, 0) is 6.42 Å². The summed E-state index contributed by atoms with van der Waals surface area (Å²) in [5.74, 6) is 1.81. The minimum Gasteiger partial charge on any atom is -0.316 e. The van der Waals surface area contributed by atoms with Gasteiger partial charge in [0.1, 0.15) is 0 Å². The van der Waals surface area contributed by atoms with Gasteiger partial charge in [-0.25, -0.2) is 0 Å². The van der Waals surface area contributed by atoms with Gasteiger partial charge in [-0.3, -0.25) is 0 Å². The Bertz CT molecular complexity index is 327. The Morgan fingerprint density at radius 3 is 2.58 bits per heavy atom. The Labute approximate surface area is 118 Å². The number of hydrogen-bond acceptors (Lipinski definition) is 1. The summed E-state index contributed by atoms with van der Waals surface area (Å²) in [6.07, 6.45) is 9.77. The normalized spacial score (nSPS) is 17.7. The number of rotatable bonds is 8. The molecular formula is C18H29N. The third-order valence-corrected chi connectivity index (χ3v) is 4.37. The van der Waals surface area contributed by atoms with Crippen molar-refractivity contribution in [3.63, 3.8) is 0 Å². The molecule has 1 atom stereocenters. The molecule has 2 rings (SSSR count). The van der Waals surface area contributed by atoms with Gasteiger partial charge >= 0.3 is 0 Å². The van der Waals surface area contributed by atoms with Gasteiger partial charge in [0.15, 0.2) is 0 Å². The summed E-state index contributed by atoms with van der Waals surface area (Å²) in [5.41, 5.74) is 1.50. The molecule has 0 saturated heterocycles. The summed E-state index contributed by atoms with van der Waals surface area (Å²) in [4.78, 5) is 0. The fraction of sp³-hybridized carbons (Fsp3) is 0.667. The molecule has 1 aliphatic carbocycles. The Morgan fingerprint density at radius 1 is 1.16 bits per heavy atom. The zero-order valence-electron chi connectivity index (χ0n) is 12.4. The monoisotopic (exact) mass is 259 g/mol. The first kappa shape index (κ1) is 14.6. The molecule has 1 saturated carbocycles. The van der Waals surface area contributed by atoms with Crippen LogP contribution in [0.1, 0.15) is 51.0 Å². The van der Waals surface area contributed by atoms with Gasteiger partial charge < -0.3 is 5.32 Å². The van der Waals surface area contributed by atoms with Crippen molar-refractivity contribution in [2.75, 3.05) is 13.1 Å². The predicted octanol–water partition coefficient (Wildman–Crippen LogP) is 4.43. The van der Waals surface area contributed by atoms with E-state index >= 15 is 0 Å². The van der Waals surface area contributed by atoms with Gasteiger partial charge in [-0.05, 0) is 49.8 Å². The van der Waals surface area contributed by atoms with Crippen LogP contribution in [-0.4, -0.2) is 13.1 Å². The third-order valence-electron chi connectivity index (χ3n) is 4.37. The van der Waals surface area contributed by atoms with Crippen LogP contribution in [0.3, 0.4) is 0 Å². The first-order valence-corrected chi connectivity index (χ1v) is 8.13. The molecule has 0 aromatic heterocycles. The fourth-order valence-electron chi connectivity index (χ4n) is 3.39. The van der Waals surface area contributed by atoms with Crippen molar-refractivity contribution in [1.29, 1.82) is 0 Å². The van der Waals surface area contributed by atoms with Crippen molar-refractivity contribution in [1.82, 2.24) is 5.32 Å². The van der Waals surface area contributed by atoms with E-state index in [2.05, 4.69) is 42.6 Å². The van der Waals surface area contributed by atoms with Gasteiger partial charge in [0.05, 0.1) is 0 Å². The van der Waals surface area contributed by atoms with Crippen LogP contribution in [0.2, 0.25) is 0 Å². The fourth-order valence-corrected chi connectivity index (χ4v) is 3.39. The summed E-state index contributed by atoms with van der Waals surface area (Å²) in [7, 11) is 0. The molecule has 19 heavy (non-hydrogen) atoms. The van der Waals surface area contributed by atoms with Crippen LogP contribution < -0.4 is 5.32 Å². The van der Waals surface area contributed by atoms with Crippen molar-refractivity contribution < 1.29 is 0 Å². The van der Waals surface area contributed by atoms with Crippen molar-refractivity contribution in [2.45, 2.75) is 51.9 Å². The molecule has 1 fully saturated rings. The molecule has 0 aliphatic heterocycles. The summed E-state index contributed by atoms with van der Waals surface area (Å²) >= 11 is 0. The van der Waals surface area contributed by atoms with E-state index in [-0.39, 0.29) is 0 Å². The van der Waals surface area contributed by atoms with Gasteiger partial charge in [0.2, 0.25) is 0 Å². The van der Waals surface area contributed by atoms with Crippen LogP contribution in [0.25, 0.3) is 0 Å². The van der Waals surface area contributed by atoms with E-state index in [1.54, 1.807) is 0 Å². The second-order valence-corrected chi connectivity index (χ2v) is 6.15. The molecular weight excluding hydrogens is 230 g/mol. The molecule has 0 bridgehead atoms. The molecule has 0 amide bonds. The molecule has 0 spiro atoms. The van der Waals surface area contributed by atoms with E-state index in [0.29, 0.717) is 0 Å². The summed E-state index contributed by atoms with van der Waals surface area (Å²) < 4.78 is 0. The maximum atomic E-state index is 3.63. The topological polar surface area (TPSA) is 12.0 Å². The number of hydrogen-bond donors (Lipinski definition) is 1. The average Bonchev–Trinajstić information content (AvgIpc) is 2.93. The lowest BCUT2D eigenvalue weighted by Crippen LogP contribution is -2.26. The molecule has 0 heterocycles. The highest BCUT2D eigenvalue weighted by Crippen LogP contribution is 2.31. The van der Waals surface area contributed by atoms with Crippen molar-refractivity contribution >= 4 is 0 Å². The first-order valence-electron chi connectivity index (χ1n) is 8.13. The van der Waals surface area contributed by atoms with Crippen molar-refractivity contribution in [3.05, 3.63) is 35.9 Å². The molecule has 1 heteroatoms. The highest BCUT2D eigenvalue weighted by atomic mass is 14.8. The first-order chi connectivity index (χ1) is 9.38. The largest absolute Gasteiger partial charge is 0.316 e. The lowest BCUT2D eigenvalue weighted by molar-refractivity contribution is 0.357. The Hall–Kier alpha value is -0.820. The predicted molar refractivity (Wildman–Crippen MR) is 83.4 cm³/mol. The average molecular weight is 259 g/mol. The SMILES string of the molecule is CCCNCC(Cc1ccccc1)CC1CCCC1. The number of nitrogens with one attached hydrogen (secondary N) is 1. The van der Waals surface area contributed by atoms with Crippen molar-refractivity contribution in [2.24, 2.45) is 11.8 Å². The molecule has 1 unspecified atom stereocenters. The zero-order chi connectivity index (χ0) is 13.3. The lowest BCUT2D eigenvalue weighted by Gasteiger charge is -2.21. The van der Waals surface area contributed by atoms with E-state index in [4.69, 9.17) is 0 Å². The lowest BCUT2D eigenvalue weighted by atomic mass is 9.88. The summed E-state index contributed by atoms with van der Waals surface area (Å²) in [5, 5.41) is 3.63. The minimum atomic E-state index is 0.817. The molecule has 0 radical (unpaired) electrons. The Morgan fingerprint density at radius 2 is 1.89 bits per heavy atom. The molecule has 1 aromatic carbocycles. The third kappa shape index (κ3) is 5.36. The van der Waals surface area contributed by atoms with Gasteiger partial charge in [-0.2, -0.15) is 0 Å². The minimum absolute atomic E-state index is 0.817. The molecule has 1 aliphatic rings. The molecule has 106 valence electrons. The summed E-state index contributed by atoms with van der Waals surface area (Å²) in [6.45, 7) is 4.60. The highest BCUT2D eigenvalue weighted by Gasteiger charge is 2.20. The van der Waals surface area contributed by atoms with Crippen LogP contribution in [0.5, 0.6) is 0 Å². The molecule has 1 N–H and O–H groups in total. The van der Waals surface area contributed by atoms with Crippen LogP contribution >= 0.6 is 0 Å². The van der Waals surface area contributed by atoms with E-state index in [9.17, 15) is 0 Å². The van der Waals surface area contributed by atoms with Gasteiger partial charge in [-0.1, -0.05) is 62.9 Å². The summed E-state index contributed by atoms with van der Waals surface area (Å²) in [6, 6.07) is 11.0. The maximum Gasteiger partial charge on any atom is -0.00172 e. The van der Waals surface area contributed by atoms with E-state index in [1.807, 2.05) is 0 Å².